The van der Waals surface area contributed by atoms with Crippen LogP contribution in [0.4, 0.5) is 0 Å². The van der Waals surface area contributed by atoms with Crippen LogP contribution in [0.15, 0.2) is 0 Å². The molecule has 4 nitrogen and oxygen atoms in total. The van der Waals surface area contributed by atoms with Crippen molar-refractivity contribution in [3.05, 3.63) is 0 Å². The summed E-state index contributed by atoms with van der Waals surface area (Å²) in [7, 11) is 0. The van der Waals surface area contributed by atoms with Gasteiger partial charge in [-0.25, -0.2) is 0 Å². The highest BCUT2D eigenvalue weighted by molar-refractivity contribution is 5.76. The molecule has 1 amide bonds. The van der Waals surface area contributed by atoms with Crippen LogP contribution in [0.5, 0.6) is 0 Å². The first-order valence-electron chi connectivity index (χ1n) is 6.64. The minimum Gasteiger partial charge on any atom is -0.376 e. The minimum atomic E-state index is 0.106. The first-order valence-corrected chi connectivity index (χ1v) is 6.64. The van der Waals surface area contributed by atoms with Gasteiger partial charge in [-0.3, -0.25) is 4.79 Å². The Morgan fingerprint density at radius 2 is 2.18 bits per heavy atom. The third kappa shape index (κ3) is 5.50. The van der Waals surface area contributed by atoms with Crippen molar-refractivity contribution in [2.45, 2.75) is 52.2 Å². The van der Waals surface area contributed by atoms with E-state index in [1.807, 2.05) is 11.8 Å². The van der Waals surface area contributed by atoms with Crippen LogP contribution < -0.4 is 5.73 Å². The van der Waals surface area contributed by atoms with Crippen LogP contribution in [-0.2, 0) is 9.53 Å². The van der Waals surface area contributed by atoms with E-state index in [-0.39, 0.29) is 18.1 Å². The van der Waals surface area contributed by atoms with Crippen molar-refractivity contribution in [1.82, 2.24) is 4.90 Å². The molecule has 0 spiro atoms. The molecule has 1 fully saturated rings. The average Bonchev–Trinajstić information content (AvgIpc) is 2.71. The summed E-state index contributed by atoms with van der Waals surface area (Å²) in [4.78, 5) is 13.8. The van der Waals surface area contributed by atoms with Gasteiger partial charge in [0.25, 0.3) is 0 Å². The van der Waals surface area contributed by atoms with Crippen molar-refractivity contribution in [3.63, 3.8) is 0 Å². The monoisotopic (exact) mass is 242 g/mol. The second-order valence-electron chi connectivity index (χ2n) is 5.49. The quantitative estimate of drug-likeness (QED) is 0.765. The zero-order chi connectivity index (χ0) is 12.8. The first kappa shape index (κ1) is 14.5. The number of amides is 1. The van der Waals surface area contributed by atoms with Crippen molar-refractivity contribution >= 4 is 5.91 Å². The molecule has 2 N–H and O–H groups in total. The maximum Gasteiger partial charge on any atom is 0.222 e. The molecular weight excluding hydrogens is 216 g/mol. The Bertz CT molecular complexity index is 242. The Kier molecular flexibility index (Phi) is 5.92. The lowest BCUT2D eigenvalue weighted by Crippen LogP contribution is -2.31. The molecule has 1 rings (SSSR count). The summed E-state index contributed by atoms with van der Waals surface area (Å²) in [5, 5.41) is 0. The Hall–Kier alpha value is -0.610. The zero-order valence-electron chi connectivity index (χ0n) is 11.3. The van der Waals surface area contributed by atoms with Gasteiger partial charge in [-0.05, 0) is 25.7 Å². The molecule has 0 radical (unpaired) electrons. The van der Waals surface area contributed by atoms with Gasteiger partial charge in [0, 0.05) is 32.2 Å². The Labute approximate surface area is 104 Å². The highest BCUT2D eigenvalue weighted by atomic mass is 16.5. The van der Waals surface area contributed by atoms with Crippen LogP contribution >= 0.6 is 0 Å². The van der Waals surface area contributed by atoms with Crippen LogP contribution in [0.1, 0.15) is 40.0 Å². The molecule has 100 valence electrons. The second-order valence-corrected chi connectivity index (χ2v) is 5.49. The molecule has 1 heterocycles. The van der Waals surface area contributed by atoms with Gasteiger partial charge in [-0.15, -0.1) is 0 Å². The summed E-state index contributed by atoms with van der Waals surface area (Å²) >= 11 is 0. The van der Waals surface area contributed by atoms with E-state index in [9.17, 15) is 4.79 Å². The molecule has 1 aliphatic rings. The van der Waals surface area contributed by atoms with Crippen molar-refractivity contribution in [3.8, 4) is 0 Å². The first-order chi connectivity index (χ1) is 7.99. The van der Waals surface area contributed by atoms with Crippen molar-refractivity contribution < 1.29 is 9.53 Å². The van der Waals surface area contributed by atoms with Gasteiger partial charge in [0.1, 0.15) is 0 Å². The standard InChI is InChI=1S/C13H26N2O2/c1-10(2)9-17-12-6-7-15(8-12)13(16)5-4-11(3)14/h10-12H,4-9,14H2,1-3H3. The number of likely N-dealkylation sites (tertiary alicyclic amines) is 1. The van der Waals surface area contributed by atoms with E-state index in [1.165, 1.54) is 0 Å². The van der Waals surface area contributed by atoms with E-state index in [0.29, 0.717) is 12.3 Å². The summed E-state index contributed by atoms with van der Waals surface area (Å²) in [6.07, 6.45) is 2.54. The SMILES string of the molecule is CC(C)COC1CCN(C(=O)CCC(C)N)C1. The van der Waals surface area contributed by atoms with Gasteiger partial charge < -0.3 is 15.4 Å². The van der Waals surface area contributed by atoms with E-state index < -0.39 is 0 Å². The fourth-order valence-corrected chi connectivity index (χ4v) is 1.93. The number of rotatable bonds is 6. The second kappa shape index (κ2) is 6.97. The van der Waals surface area contributed by atoms with Crippen molar-refractivity contribution in [1.29, 1.82) is 0 Å². The molecule has 0 aliphatic carbocycles. The van der Waals surface area contributed by atoms with Crippen LogP contribution in [0.25, 0.3) is 0 Å². The normalized spacial score (nSPS) is 22.2. The Morgan fingerprint density at radius 1 is 1.47 bits per heavy atom. The smallest absolute Gasteiger partial charge is 0.222 e. The third-order valence-electron chi connectivity index (χ3n) is 2.98. The van der Waals surface area contributed by atoms with E-state index in [1.54, 1.807) is 0 Å². The molecule has 1 saturated heterocycles. The van der Waals surface area contributed by atoms with Crippen LogP contribution in [0.3, 0.4) is 0 Å². The zero-order valence-corrected chi connectivity index (χ0v) is 11.3. The highest BCUT2D eigenvalue weighted by Gasteiger charge is 2.26. The van der Waals surface area contributed by atoms with Gasteiger partial charge in [0.2, 0.25) is 5.91 Å². The summed E-state index contributed by atoms with van der Waals surface area (Å²) in [5.41, 5.74) is 5.65. The lowest BCUT2D eigenvalue weighted by Gasteiger charge is -2.18. The van der Waals surface area contributed by atoms with Gasteiger partial charge in [-0.1, -0.05) is 13.8 Å². The van der Waals surface area contributed by atoms with Gasteiger partial charge >= 0.3 is 0 Å². The minimum absolute atomic E-state index is 0.106. The molecule has 0 saturated carbocycles. The average molecular weight is 242 g/mol. The number of hydrogen-bond acceptors (Lipinski definition) is 3. The number of nitrogens with zero attached hydrogens (tertiary/aromatic N) is 1. The summed E-state index contributed by atoms with van der Waals surface area (Å²) in [6, 6.07) is 0.106. The topological polar surface area (TPSA) is 55.6 Å². The maximum absolute atomic E-state index is 11.8. The van der Waals surface area contributed by atoms with Gasteiger partial charge in [-0.2, -0.15) is 0 Å². The lowest BCUT2D eigenvalue weighted by molar-refractivity contribution is -0.130. The molecule has 0 aromatic heterocycles. The van der Waals surface area contributed by atoms with Gasteiger partial charge in [0.15, 0.2) is 0 Å². The van der Waals surface area contributed by atoms with Crippen molar-refractivity contribution in [2.24, 2.45) is 11.7 Å². The fourth-order valence-electron chi connectivity index (χ4n) is 1.93. The number of ether oxygens (including phenoxy) is 1. The van der Waals surface area contributed by atoms with E-state index in [4.69, 9.17) is 10.5 Å². The van der Waals surface area contributed by atoms with Crippen molar-refractivity contribution in [2.75, 3.05) is 19.7 Å². The molecule has 2 atom stereocenters. The molecule has 1 aliphatic heterocycles. The van der Waals surface area contributed by atoms with Gasteiger partial charge in [0.05, 0.1) is 6.10 Å². The van der Waals surface area contributed by atoms with Crippen LogP contribution in [0.2, 0.25) is 0 Å². The maximum atomic E-state index is 11.8. The summed E-state index contributed by atoms with van der Waals surface area (Å²) < 4.78 is 5.75. The third-order valence-corrected chi connectivity index (χ3v) is 2.98. The van der Waals surface area contributed by atoms with E-state index in [0.717, 1.165) is 32.5 Å². The van der Waals surface area contributed by atoms with E-state index >= 15 is 0 Å². The number of carbonyl (C=O) groups is 1. The van der Waals surface area contributed by atoms with Crippen LogP contribution in [0, 0.1) is 5.92 Å². The molecular formula is C13H26N2O2. The molecule has 17 heavy (non-hydrogen) atoms. The number of nitrogens with two attached hydrogens (primary N) is 1. The molecule has 0 aromatic carbocycles. The molecule has 4 heteroatoms. The highest BCUT2D eigenvalue weighted by Crippen LogP contribution is 2.15. The number of hydrogen-bond donors (Lipinski definition) is 1. The predicted molar refractivity (Wildman–Crippen MR) is 68.7 cm³/mol. The largest absolute Gasteiger partial charge is 0.376 e. The van der Waals surface area contributed by atoms with Crippen LogP contribution in [-0.4, -0.2) is 42.6 Å². The van der Waals surface area contributed by atoms with E-state index in [2.05, 4.69) is 13.8 Å². The predicted octanol–water partition coefficient (Wildman–Crippen LogP) is 1.39. The molecule has 0 aromatic rings. The fraction of sp³-hybridized carbons (Fsp3) is 0.923. The molecule has 2 unspecified atom stereocenters. The summed E-state index contributed by atoms with van der Waals surface area (Å²) in [5.74, 6) is 0.774. The Morgan fingerprint density at radius 3 is 2.76 bits per heavy atom. The molecule has 0 bridgehead atoms. The summed E-state index contributed by atoms with van der Waals surface area (Å²) in [6.45, 7) is 8.59. The Balaban J connectivity index is 2.22. The number of carbonyl (C=O) groups excluding carboxylic acids is 1. The lowest BCUT2D eigenvalue weighted by atomic mass is 10.2.